The molecule has 0 spiro atoms. The van der Waals surface area contributed by atoms with Gasteiger partial charge in [-0.15, -0.1) is 0 Å². The van der Waals surface area contributed by atoms with E-state index < -0.39 is 0 Å². The van der Waals surface area contributed by atoms with Gasteiger partial charge in [0.2, 0.25) is 0 Å². The predicted molar refractivity (Wildman–Crippen MR) is 67.9 cm³/mol. The minimum absolute atomic E-state index is 0.378. The van der Waals surface area contributed by atoms with Crippen LogP contribution in [0.15, 0.2) is 4.52 Å². The van der Waals surface area contributed by atoms with E-state index in [9.17, 15) is 0 Å². The second kappa shape index (κ2) is 5.80. The molecule has 1 N–H and O–H groups in total. The van der Waals surface area contributed by atoms with E-state index in [0.29, 0.717) is 36.3 Å². The fourth-order valence-corrected chi connectivity index (χ4v) is 2.65. The number of rotatable bonds is 5. The summed E-state index contributed by atoms with van der Waals surface area (Å²) in [6.45, 7) is 5.73. The van der Waals surface area contributed by atoms with Gasteiger partial charge in [-0.2, -0.15) is 4.98 Å². The maximum absolute atomic E-state index is 5.06. The summed E-state index contributed by atoms with van der Waals surface area (Å²) < 4.78 is 10.0. The lowest BCUT2D eigenvalue weighted by molar-refractivity contribution is 0.151. The minimum atomic E-state index is 0.378. The van der Waals surface area contributed by atoms with Crippen molar-refractivity contribution in [2.45, 2.75) is 58.7 Å². The van der Waals surface area contributed by atoms with E-state index in [2.05, 4.69) is 29.3 Å². The first kappa shape index (κ1) is 13.5. The Morgan fingerprint density at radius 2 is 2.33 bits per heavy atom. The van der Waals surface area contributed by atoms with Gasteiger partial charge in [-0.3, -0.25) is 0 Å². The zero-order valence-electron chi connectivity index (χ0n) is 11.5. The lowest BCUT2D eigenvalue weighted by Crippen LogP contribution is -2.37. The molecule has 0 aromatic carbocycles. The molecule has 1 atom stereocenters. The number of methoxy groups -OCH3 is 1. The van der Waals surface area contributed by atoms with E-state index in [1.165, 1.54) is 25.7 Å². The summed E-state index contributed by atoms with van der Waals surface area (Å²) in [4.78, 5) is 4.26. The van der Waals surface area contributed by atoms with Gasteiger partial charge in [-0.1, -0.05) is 25.4 Å². The predicted octanol–water partition coefficient (Wildman–Crippen LogP) is 2.27. The van der Waals surface area contributed by atoms with Gasteiger partial charge >= 0.3 is 0 Å². The molecule has 1 aliphatic carbocycles. The Morgan fingerprint density at radius 3 is 3.06 bits per heavy atom. The van der Waals surface area contributed by atoms with E-state index in [1.54, 1.807) is 7.11 Å². The van der Waals surface area contributed by atoms with Crippen molar-refractivity contribution >= 4 is 0 Å². The van der Waals surface area contributed by atoms with Crippen LogP contribution in [0.1, 0.15) is 51.2 Å². The van der Waals surface area contributed by atoms with E-state index >= 15 is 0 Å². The van der Waals surface area contributed by atoms with Gasteiger partial charge in [0, 0.05) is 13.2 Å². The van der Waals surface area contributed by atoms with Gasteiger partial charge in [0.25, 0.3) is 5.89 Å². The van der Waals surface area contributed by atoms with E-state index in [0.717, 1.165) is 0 Å². The maximum Gasteiger partial charge on any atom is 0.252 e. The zero-order valence-corrected chi connectivity index (χ0v) is 11.5. The quantitative estimate of drug-likeness (QED) is 0.872. The van der Waals surface area contributed by atoms with Gasteiger partial charge in [0.1, 0.15) is 6.61 Å². The van der Waals surface area contributed by atoms with Crippen LogP contribution in [0.4, 0.5) is 0 Å². The van der Waals surface area contributed by atoms with E-state index in [4.69, 9.17) is 9.26 Å². The molecule has 0 saturated heterocycles. The molecule has 2 rings (SSSR count). The van der Waals surface area contributed by atoms with Crippen molar-refractivity contribution in [1.82, 2.24) is 15.5 Å². The van der Waals surface area contributed by atoms with Crippen molar-refractivity contribution in [3.8, 4) is 0 Å². The van der Waals surface area contributed by atoms with E-state index in [1.807, 2.05) is 0 Å². The first-order valence-electron chi connectivity index (χ1n) is 6.63. The number of aromatic nitrogens is 2. The van der Waals surface area contributed by atoms with Crippen LogP contribution in [0, 0.1) is 5.41 Å². The molecule has 18 heavy (non-hydrogen) atoms. The van der Waals surface area contributed by atoms with Gasteiger partial charge in [0.05, 0.1) is 6.54 Å². The van der Waals surface area contributed by atoms with Crippen molar-refractivity contribution < 1.29 is 9.26 Å². The van der Waals surface area contributed by atoms with Gasteiger partial charge in [-0.05, 0) is 24.7 Å². The highest BCUT2D eigenvalue weighted by Gasteiger charge is 2.27. The van der Waals surface area contributed by atoms with Gasteiger partial charge < -0.3 is 14.6 Å². The first-order valence-corrected chi connectivity index (χ1v) is 6.63. The molecule has 0 radical (unpaired) electrons. The molecular weight excluding hydrogens is 230 g/mol. The van der Waals surface area contributed by atoms with Crippen LogP contribution in [-0.4, -0.2) is 23.3 Å². The third kappa shape index (κ3) is 3.78. The van der Waals surface area contributed by atoms with Crippen molar-refractivity contribution in [2.24, 2.45) is 5.41 Å². The lowest BCUT2D eigenvalue weighted by atomic mass is 9.75. The van der Waals surface area contributed by atoms with Crippen molar-refractivity contribution in [2.75, 3.05) is 7.11 Å². The summed E-state index contributed by atoms with van der Waals surface area (Å²) >= 11 is 0. The van der Waals surface area contributed by atoms with Gasteiger partial charge in [-0.25, -0.2) is 0 Å². The fourth-order valence-electron chi connectivity index (χ4n) is 2.65. The third-order valence-corrected chi connectivity index (χ3v) is 3.53. The molecule has 1 saturated carbocycles. The average molecular weight is 253 g/mol. The molecule has 0 bridgehead atoms. The summed E-state index contributed by atoms with van der Waals surface area (Å²) in [6.07, 6.45) is 5.08. The zero-order chi connectivity index (χ0) is 13.0. The summed E-state index contributed by atoms with van der Waals surface area (Å²) in [5.74, 6) is 1.25. The largest absolute Gasteiger partial charge is 0.375 e. The Morgan fingerprint density at radius 1 is 1.50 bits per heavy atom. The summed E-state index contributed by atoms with van der Waals surface area (Å²) in [6, 6.07) is 0.568. The highest BCUT2D eigenvalue weighted by Crippen LogP contribution is 2.35. The number of nitrogens with one attached hydrogen (secondary N) is 1. The van der Waals surface area contributed by atoms with Crippen LogP contribution in [0.5, 0.6) is 0 Å². The highest BCUT2D eigenvalue weighted by molar-refractivity contribution is 4.88. The topological polar surface area (TPSA) is 60.2 Å². The number of hydrogen-bond acceptors (Lipinski definition) is 5. The Hall–Kier alpha value is -0.940. The molecule has 1 aliphatic rings. The van der Waals surface area contributed by atoms with Crippen molar-refractivity contribution in [1.29, 1.82) is 0 Å². The SMILES string of the molecule is COCc1nc(CN[C@H]2CCCC(C)(C)C2)no1. The summed E-state index contributed by atoms with van der Waals surface area (Å²) in [5.41, 5.74) is 0.453. The molecule has 1 heterocycles. The van der Waals surface area contributed by atoms with Crippen molar-refractivity contribution in [3.63, 3.8) is 0 Å². The van der Waals surface area contributed by atoms with Crippen LogP contribution in [-0.2, 0) is 17.9 Å². The molecule has 0 amide bonds. The molecule has 1 aromatic rings. The van der Waals surface area contributed by atoms with E-state index in [-0.39, 0.29) is 0 Å². The molecule has 0 aliphatic heterocycles. The van der Waals surface area contributed by atoms with Crippen LogP contribution >= 0.6 is 0 Å². The van der Waals surface area contributed by atoms with Crippen LogP contribution in [0.2, 0.25) is 0 Å². The second-order valence-electron chi connectivity index (χ2n) is 5.88. The fraction of sp³-hybridized carbons (Fsp3) is 0.846. The lowest BCUT2D eigenvalue weighted by Gasteiger charge is -2.35. The highest BCUT2D eigenvalue weighted by atomic mass is 16.5. The maximum atomic E-state index is 5.06. The first-order chi connectivity index (χ1) is 8.59. The van der Waals surface area contributed by atoms with Crippen LogP contribution in [0.3, 0.4) is 0 Å². The molecule has 5 nitrogen and oxygen atoms in total. The van der Waals surface area contributed by atoms with Gasteiger partial charge in [0.15, 0.2) is 5.82 Å². The number of ether oxygens (including phenoxy) is 1. The standard InChI is InChI=1S/C13H23N3O2/c1-13(2)6-4-5-10(7-13)14-8-11-15-12(9-17-3)18-16-11/h10,14H,4-9H2,1-3H3/t10-/m0/s1. The minimum Gasteiger partial charge on any atom is -0.375 e. The van der Waals surface area contributed by atoms with Crippen LogP contribution in [0.25, 0.3) is 0 Å². The average Bonchev–Trinajstić information content (AvgIpc) is 2.74. The Balaban J connectivity index is 1.79. The normalized spacial score (nSPS) is 23.2. The molecule has 1 aromatic heterocycles. The number of hydrogen-bond donors (Lipinski definition) is 1. The Kier molecular flexibility index (Phi) is 4.35. The Bertz CT molecular complexity index is 376. The summed E-state index contributed by atoms with van der Waals surface area (Å²) in [7, 11) is 1.62. The van der Waals surface area contributed by atoms with Crippen LogP contribution < -0.4 is 5.32 Å². The van der Waals surface area contributed by atoms with Crippen molar-refractivity contribution in [3.05, 3.63) is 11.7 Å². The molecule has 5 heteroatoms. The molecule has 1 fully saturated rings. The monoisotopic (exact) mass is 253 g/mol. The molecular formula is C13H23N3O2. The smallest absolute Gasteiger partial charge is 0.252 e. The Labute approximate surface area is 108 Å². The molecule has 102 valence electrons. The number of nitrogens with zero attached hydrogens (tertiary/aromatic N) is 2. The third-order valence-electron chi connectivity index (χ3n) is 3.53. The molecule has 0 unspecified atom stereocenters. The second-order valence-corrected chi connectivity index (χ2v) is 5.88. The summed E-state index contributed by atoms with van der Waals surface area (Å²) in [5, 5.41) is 7.45.